The summed E-state index contributed by atoms with van der Waals surface area (Å²) in [6, 6.07) is 0. The van der Waals surface area contributed by atoms with Crippen LogP contribution in [0.15, 0.2) is 5.38 Å². The Kier molecular flexibility index (Phi) is 9.10. The standard InChI is InChI=1S/C21H33N3O4S/c1-5-28-21(27)19-17(10-14(2)3)13-29-20(19)23-18(26)12-24-8-6-16(7-9-24)11-22-15(4)25/h13-14,16H,5-12H2,1-4H3,(H,22,25)(H,23,26). The summed E-state index contributed by atoms with van der Waals surface area (Å²) in [7, 11) is 0. The first-order chi connectivity index (χ1) is 13.8. The molecular formula is C21H33N3O4S. The summed E-state index contributed by atoms with van der Waals surface area (Å²) in [5.41, 5.74) is 1.42. The van der Waals surface area contributed by atoms with Crippen LogP contribution in [0, 0.1) is 11.8 Å². The molecule has 0 bridgehead atoms. The zero-order chi connectivity index (χ0) is 21.4. The third kappa shape index (κ3) is 7.44. The van der Waals surface area contributed by atoms with Crippen molar-refractivity contribution in [2.45, 2.75) is 47.0 Å². The number of nitrogens with zero attached hydrogens (tertiary/aromatic N) is 1. The summed E-state index contributed by atoms with van der Waals surface area (Å²) in [5.74, 6) is 0.369. The van der Waals surface area contributed by atoms with Crippen molar-refractivity contribution in [1.29, 1.82) is 0 Å². The zero-order valence-corrected chi connectivity index (χ0v) is 18.7. The van der Waals surface area contributed by atoms with E-state index in [-0.39, 0.29) is 17.8 Å². The molecule has 2 rings (SSSR count). The predicted molar refractivity (Wildman–Crippen MR) is 115 cm³/mol. The highest BCUT2D eigenvalue weighted by Gasteiger charge is 2.24. The van der Waals surface area contributed by atoms with Gasteiger partial charge in [-0.25, -0.2) is 4.79 Å². The van der Waals surface area contributed by atoms with Crippen LogP contribution in [0.5, 0.6) is 0 Å². The Labute approximate surface area is 177 Å². The van der Waals surface area contributed by atoms with E-state index in [4.69, 9.17) is 4.74 Å². The number of carbonyl (C=O) groups excluding carboxylic acids is 3. The smallest absolute Gasteiger partial charge is 0.341 e. The molecule has 162 valence electrons. The number of amides is 2. The summed E-state index contributed by atoms with van der Waals surface area (Å²) in [4.78, 5) is 38.2. The zero-order valence-electron chi connectivity index (χ0n) is 17.9. The Bertz CT molecular complexity index is 709. The van der Waals surface area contributed by atoms with Gasteiger partial charge in [-0.3, -0.25) is 14.5 Å². The highest BCUT2D eigenvalue weighted by Crippen LogP contribution is 2.31. The molecule has 0 unspecified atom stereocenters. The molecule has 2 heterocycles. The van der Waals surface area contributed by atoms with Gasteiger partial charge in [0.2, 0.25) is 11.8 Å². The molecule has 1 aromatic heterocycles. The van der Waals surface area contributed by atoms with Crippen molar-refractivity contribution >= 4 is 34.1 Å². The molecule has 1 aromatic rings. The van der Waals surface area contributed by atoms with E-state index in [9.17, 15) is 14.4 Å². The van der Waals surface area contributed by atoms with Crippen molar-refractivity contribution in [3.05, 3.63) is 16.5 Å². The van der Waals surface area contributed by atoms with Crippen LogP contribution in [-0.4, -0.2) is 55.5 Å². The summed E-state index contributed by atoms with van der Waals surface area (Å²) in [6.45, 7) is 10.5. The lowest BCUT2D eigenvalue weighted by Gasteiger charge is -2.31. The topological polar surface area (TPSA) is 87.7 Å². The minimum absolute atomic E-state index is 0.00278. The van der Waals surface area contributed by atoms with Crippen molar-refractivity contribution < 1.29 is 19.1 Å². The summed E-state index contributed by atoms with van der Waals surface area (Å²) in [6.07, 6.45) is 2.68. The molecule has 2 N–H and O–H groups in total. The van der Waals surface area contributed by atoms with Gasteiger partial charge in [0.05, 0.1) is 18.7 Å². The molecule has 0 aromatic carbocycles. The number of likely N-dealkylation sites (tertiary alicyclic amines) is 1. The van der Waals surface area contributed by atoms with Crippen molar-refractivity contribution in [3.8, 4) is 0 Å². The Hall–Kier alpha value is -1.93. The Balaban J connectivity index is 1.92. The van der Waals surface area contributed by atoms with Crippen LogP contribution in [0.3, 0.4) is 0 Å². The van der Waals surface area contributed by atoms with Gasteiger partial charge in [-0.1, -0.05) is 13.8 Å². The van der Waals surface area contributed by atoms with Gasteiger partial charge in [-0.2, -0.15) is 0 Å². The van der Waals surface area contributed by atoms with E-state index in [0.29, 0.717) is 42.1 Å². The monoisotopic (exact) mass is 423 g/mol. The first-order valence-corrected chi connectivity index (χ1v) is 11.2. The van der Waals surface area contributed by atoms with E-state index in [1.807, 2.05) is 5.38 Å². The first kappa shape index (κ1) is 23.3. The van der Waals surface area contributed by atoms with Crippen LogP contribution in [0.1, 0.15) is 56.5 Å². The SMILES string of the molecule is CCOC(=O)c1c(CC(C)C)csc1NC(=O)CN1CCC(CNC(C)=O)CC1. The molecule has 7 nitrogen and oxygen atoms in total. The van der Waals surface area contributed by atoms with Crippen molar-refractivity contribution in [2.24, 2.45) is 11.8 Å². The van der Waals surface area contributed by atoms with Crippen molar-refractivity contribution in [3.63, 3.8) is 0 Å². The second kappa shape index (κ2) is 11.3. The van der Waals surface area contributed by atoms with E-state index in [2.05, 4.69) is 29.4 Å². The quantitative estimate of drug-likeness (QED) is 0.596. The number of esters is 1. The van der Waals surface area contributed by atoms with Crippen molar-refractivity contribution in [1.82, 2.24) is 10.2 Å². The molecule has 0 saturated carbocycles. The molecule has 1 fully saturated rings. The van der Waals surface area contributed by atoms with Gasteiger partial charge >= 0.3 is 5.97 Å². The number of thiophene rings is 1. The number of nitrogens with one attached hydrogen (secondary N) is 2. The molecule has 1 aliphatic heterocycles. The second-order valence-corrected chi connectivity index (χ2v) is 8.87. The molecule has 2 amide bonds. The molecule has 1 aliphatic rings. The minimum Gasteiger partial charge on any atom is -0.462 e. The molecule has 0 atom stereocenters. The van der Waals surface area contributed by atoms with E-state index in [0.717, 1.165) is 37.9 Å². The van der Waals surface area contributed by atoms with Crippen LogP contribution in [0.25, 0.3) is 0 Å². The van der Waals surface area contributed by atoms with E-state index >= 15 is 0 Å². The third-order valence-corrected chi connectivity index (χ3v) is 5.89. The Morgan fingerprint density at radius 2 is 1.97 bits per heavy atom. The van der Waals surface area contributed by atoms with Gasteiger partial charge in [-0.15, -0.1) is 11.3 Å². The molecule has 29 heavy (non-hydrogen) atoms. The number of piperidine rings is 1. The van der Waals surface area contributed by atoms with Gasteiger partial charge in [0.15, 0.2) is 0 Å². The van der Waals surface area contributed by atoms with Crippen molar-refractivity contribution in [2.75, 3.05) is 38.1 Å². The summed E-state index contributed by atoms with van der Waals surface area (Å²) in [5, 5.41) is 8.30. The number of hydrogen-bond acceptors (Lipinski definition) is 6. The normalized spacial score (nSPS) is 15.3. The maximum atomic E-state index is 12.6. The summed E-state index contributed by atoms with van der Waals surface area (Å²) >= 11 is 1.38. The molecule has 1 saturated heterocycles. The average Bonchev–Trinajstić information content (AvgIpc) is 3.02. The number of rotatable bonds is 9. The first-order valence-electron chi connectivity index (χ1n) is 10.3. The second-order valence-electron chi connectivity index (χ2n) is 7.99. The fourth-order valence-corrected chi connectivity index (χ4v) is 4.49. The van der Waals surface area contributed by atoms with Crippen LogP contribution in [0.4, 0.5) is 5.00 Å². The molecule has 0 spiro atoms. The minimum atomic E-state index is -0.376. The van der Waals surface area contributed by atoms with Crippen LogP contribution in [0.2, 0.25) is 0 Å². The lowest BCUT2D eigenvalue weighted by molar-refractivity contribution is -0.119. The van der Waals surface area contributed by atoms with Gasteiger partial charge in [0.25, 0.3) is 0 Å². The maximum absolute atomic E-state index is 12.6. The lowest BCUT2D eigenvalue weighted by atomic mass is 9.97. The molecular weight excluding hydrogens is 390 g/mol. The largest absolute Gasteiger partial charge is 0.462 e. The fourth-order valence-electron chi connectivity index (χ4n) is 3.51. The molecule has 0 radical (unpaired) electrons. The number of ether oxygens (including phenoxy) is 1. The molecule has 8 heteroatoms. The van der Waals surface area contributed by atoms with Crippen LogP contribution >= 0.6 is 11.3 Å². The number of carbonyl (C=O) groups is 3. The average molecular weight is 424 g/mol. The third-order valence-electron chi connectivity index (χ3n) is 4.94. The van der Waals surface area contributed by atoms with Crippen LogP contribution < -0.4 is 10.6 Å². The van der Waals surface area contributed by atoms with E-state index < -0.39 is 0 Å². The number of anilines is 1. The molecule has 0 aliphatic carbocycles. The highest BCUT2D eigenvalue weighted by atomic mass is 32.1. The van der Waals surface area contributed by atoms with Crippen LogP contribution in [-0.2, 0) is 20.7 Å². The highest BCUT2D eigenvalue weighted by molar-refractivity contribution is 7.15. The van der Waals surface area contributed by atoms with E-state index in [1.165, 1.54) is 18.3 Å². The Morgan fingerprint density at radius 3 is 2.55 bits per heavy atom. The van der Waals surface area contributed by atoms with Gasteiger partial charge in [0, 0.05) is 13.5 Å². The number of hydrogen-bond donors (Lipinski definition) is 2. The van der Waals surface area contributed by atoms with Gasteiger partial charge in [-0.05, 0) is 62.1 Å². The summed E-state index contributed by atoms with van der Waals surface area (Å²) < 4.78 is 5.21. The predicted octanol–water partition coefficient (Wildman–Crippen LogP) is 2.91. The Morgan fingerprint density at radius 1 is 1.28 bits per heavy atom. The van der Waals surface area contributed by atoms with Gasteiger partial charge in [0.1, 0.15) is 5.00 Å². The van der Waals surface area contributed by atoms with Gasteiger partial charge < -0.3 is 15.4 Å². The lowest BCUT2D eigenvalue weighted by Crippen LogP contribution is -2.41. The van der Waals surface area contributed by atoms with E-state index in [1.54, 1.807) is 6.92 Å². The fraction of sp³-hybridized carbons (Fsp3) is 0.667. The maximum Gasteiger partial charge on any atom is 0.341 e.